The van der Waals surface area contributed by atoms with Gasteiger partial charge in [0.05, 0.1) is 21.0 Å². The smallest absolute Gasteiger partial charge is 0.236 e. The molecule has 0 saturated carbocycles. The molecule has 32 heavy (non-hydrogen) atoms. The Morgan fingerprint density at radius 3 is 2.94 bits per heavy atom. The Morgan fingerprint density at radius 1 is 1.31 bits per heavy atom. The molecule has 4 rings (SSSR count). The van der Waals surface area contributed by atoms with Crippen LogP contribution in [0.5, 0.6) is 5.75 Å². The van der Waals surface area contributed by atoms with Crippen LogP contribution in [-0.4, -0.2) is 31.4 Å². The van der Waals surface area contributed by atoms with Crippen molar-refractivity contribution < 1.29 is 13.9 Å². The van der Waals surface area contributed by atoms with Crippen molar-refractivity contribution in [3.8, 4) is 5.75 Å². The molecule has 0 radical (unpaired) electrons. The molecule has 0 fully saturated rings. The average Bonchev–Trinajstić information content (AvgIpc) is 3.36. The molecule has 0 aliphatic rings. The summed E-state index contributed by atoms with van der Waals surface area (Å²) in [5.41, 5.74) is 0.846. The number of nitrogens with zero attached hydrogens (tertiary/aromatic N) is 4. The number of amides is 1. The number of thiazole rings is 1. The number of para-hydroxylation sites is 1. The maximum Gasteiger partial charge on any atom is 0.236 e. The topological polar surface area (TPSA) is 81.9 Å². The van der Waals surface area contributed by atoms with E-state index in [2.05, 4.69) is 27.1 Å². The second-order valence-corrected chi connectivity index (χ2v) is 8.87. The van der Waals surface area contributed by atoms with Gasteiger partial charge < -0.3 is 10.1 Å². The summed E-state index contributed by atoms with van der Waals surface area (Å²) in [6.07, 6.45) is 1.70. The number of carbonyl (C=O) groups excluding carboxylic acids is 1. The van der Waals surface area contributed by atoms with Crippen LogP contribution in [0.1, 0.15) is 5.82 Å². The van der Waals surface area contributed by atoms with Gasteiger partial charge >= 0.3 is 0 Å². The first-order chi connectivity index (χ1) is 15.5. The molecule has 2 aromatic heterocycles. The molecular formula is C21H17ClFN5O2S2. The number of nitrogens with one attached hydrogen (secondary N) is 1. The van der Waals surface area contributed by atoms with Crippen LogP contribution in [0.25, 0.3) is 10.2 Å². The molecule has 0 unspecified atom stereocenters. The van der Waals surface area contributed by atoms with E-state index in [1.165, 1.54) is 41.3 Å². The summed E-state index contributed by atoms with van der Waals surface area (Å²) in [6.45, 7) is 4.30. The second kappa shape index (κ2) is 10.1. The molecule has 0 bridgehead atoms. The standard InChI is InChI=1S/C21H17ClFN5O2S2/c1-2-9-28-18(11-30-13-7-8-15(23)14(22)10-13)26-27-21(28)31-12-19(29)25-20-24-16-5-3-4-6-17(16)32-20/h2-8,10H,1,9,11-12H2,(H,24,25,29). The lowest BCUT2D eigenvalue weighted by molar-refractivity contribution is -0.113. The highest BCUT2D eigenvalue weighted by Crippen LogP contribution is 2.26. The molecule has 1 N–H and O–H groups in total. The summed E-state index contributed by atoms with van der Waals surface area (Å²) in [5, 5.41) is 12.2. The third-order valence-electron chi connectivity index (χ3n) is 4.24. The van der Waals surface area contributed by atoms with E-state index in [1.807, 2.05) is 24.3 Å². The van der Waals surface area contributed by atoms with Crippen molar-refractivity contribution in [2.24, 2.45) is 0 Å². The summed E-state index contributed by atoms with van der Waals surface area (Å²) in [6, 6.07) is 11.8. The highest BCUT2D eigenvalue weighted by atomic mass is 35.5. The summed E-state index contributed by atoms with van der Waals surface area (Å²) in [5.74, 6) is 0.380. The van der Waals surface area contributed by atoms with Crippen LogP contribution in [0.2, 0.25) is 5.02 Å². The van der Waals surface area contributed by atoms with Crippen LogP contribution in [0.15, 0.2) is 60.3 Å². The SMILES string of the molecule is C=CCn1c(COc2ccc(F)c(Cl)c2)nnc1SCC(=O)Nc1nc2ccccc2s1. The van der Waals surface area contributed by atoms with Crippen LogP contribution in [0.4, 0.5) is 9.52 Å². The number of carbonyl (C=O) groups is 1. The molecule has 0 saturated heterocycles. The van der Waals surface area contributed by atoms with Gasteiger partial charge in [-0.1, -0.05) is 52.9 Å². The Hall–Kier alpha value is -2.95. The van der Waals surface area contributed by atoms with Crippen molar-refractivity contribution in [1.29, 1.82) is 0 Å². The van der Waals surface area contributed by atoms with Gasteiger partial charge in [0, 0.05) is 12.6 Å². The third kappa shape index (κ3) is 5.26. The van der Waals surface area contributed by atoms with Gasteiger partial charge in [0.2, 0.25) is 5.91 Å². The molecule has 1 amide bonds. The summed E-state index contributed by atoms with van der Waals surface area (Å²) in [4.78, 5) is 16.8. The molecule has 4 aromatic rings. The Kier molecular flexibility index (Phi) is 7.03. The van der Waals surface area contributed by atoms with E-state index >= 15 is 0 Å². The fourth-order valence-electron chi connectivity index (χ4n) is 2.77. The Bertz CT molecular complexity index is 1240. The van der Waals surface area contributed by atoms with E-state index in [4.69, 9.17) is 16.3 Å². The Balaban J connectivity index is 1.38. The minimum Gasteiger partial charge on any atom is -0.486 e. The second-order valence-electron chi connectivity index (χ2n) is 6.49. The lowest BCUT2D eigenvalue weighted by Gasteiger charge is -2.09. The zero-order valence-corrected chi connectivity index (χ0v) is 19.0. The molecule has 0 spiro atoms. The van der Waals surface area contributed by atoms with Gasteiger partial charge in [0.25, 0.3) is 0 Å². The molecule has 0 atom stereocenters. The van der Waals surface area contributed by atoms with Gasteiger partial charge in [-0.3, -0.25) is 9.36 Å². The van der Waals surface area contributed by atoms with Crippen molar-refractivity contribution in [3.05, 3.63) is 71.8 Å². The number of anilines is 1. The molecular weight excluding hydrogens is 473 g/mol. The molecule has 0 aliphatic carbocycles. The number of hydrogen-bond acceptors (Lipinski definition) is 7. The number of halogens is 2. The number of rotatable bonds is 9. The Morgan fingerprint density at radius 2 is 2.16 bits per heavy atom. The van der Waals surface area contributed by atoms with Gasteiger partial charge in [-0.2, -0.15) is 0 Å². The van der Waals surface area contributed by atoms with E-state index in [0.717, 1.165) is 10.2 Å². The number of benzene rings is 2. The summed E-state index contributed by atoms with van der Waals surface area (Å²) >= 11 is 8.46. The predicted octanol–water partition coefficient (Wildman–Crippen LogP) is 5.18. The highest BCUT2D eigenvalue weighted by Gasteiger charge is 2.15. The van der Waals surface area contributed by atoms with Crippen molar-refractivity contribution >= 4 is 56.0 Å². The number of ether oxygens (including phenoxy) is 1. The quantitative estimate of drug-likeness (QED) is 0.258. The van der Waals surface area contributed by atoms with Crippen molar-refractivity contribution in [1.82, 2.24) is 19.7 Å². The first kappa shape index (κ1) is 22.3. The van der Waals surface area contributed by atoms with Crippen LogP contribution in [0, 0.1) is 5.82 Å². The third-order valence-corrected chi connectivity index (χ3v) is 6.44. The largest absolute Gasteiger partial charge is 0.486 e. The normalized spacial score (nSPS) is 10.9. The van der Waals surface area contributed by atoms with Crippen molar-refractivity contribution in [3.63, 3.8) is 0 Å². The van der Waals surface area contributed by atoms with Gasteiger partial charge in [-0.15, -0.1) is 16.8 Å². The number of allylic oxidation sites excluding steroid dienone is 1. The zero-order valence-electron chi connectivity index (χ0n) is 16.6. The number of fused-ring (bicyclic) bond motifs is 1. The first-order valence-corrected chi connectivity index (χ1v) is 11.6. The lowest BCUT2D eigenvalue weighted by atomic mass is 10.3. The molecule has 7 nitrogen and oxygen atoms in total. The minimum absolute atomic E-state index is 0.0227. The van der Waals surface area contributed by atoms with Crippen LogP contribution < -0.4 is 10.1 Å². The fraction of sp³-hybridized carbons (Fsp3) is 0.143. The van der Waals surface area contributed by atoms with Crippen molar-refractivity contribution in [2.75, 3.05) is 11.1 Å². The van der Waals surface area contributed by atoms with Crippen molar-refractivity contribution in [2.45, 2.75) is 18.3 Å². The van der Waals surface area contributed by atoms with Crippen LogP contribution >= 0.6 is 34.7 Å². The average molecular weight is 490 g/mol. The van der Waals surface area contributed by atoms with E-state index in [9.17, 15) is 9.18 Å². The maximum atomic E-state index is 13.3. The molecule has 0 aliphatic heterocycles. The number of hydrogen-bond donors (Lipinski definition) is 1. The van der Waals surface area contributed by atoms with Gasteiger partial charge in [-0.05, 0) is 24.3 Å². The van der Waals surface area contributed by atoms with Crippen LogP contribution in [-0.2, 0) is 17.9 Å². The van der Waals surface area contributed by atoms with E-state index in [-0.39, 0.29) is 23.3 Å². The minimum atomic E-state index is -0.517. The molecule has 2 heterocycles. The maximum absolute atomic E-state index is 13.3. The number of aromatic nitrogens is 4. The fourth-order valence-corrected chi connectivity index (χ4v) is 4.59. The number of thioether (sulfide) groups is 1. The van der Waals surface area contributed by atoms with Gasteiger partial charge in [0.15, 0.2) is 16.1 Å². The van der Waals surface area contributed by atoms with Gasteiger partial charge in [0.1, 0.15) is 18.2 Å². The summed E-state index contributed by atoms with van der Waals surface area (Å²) in [7, 11) is 0. The van der Waals surface area contributed by atoms with E-state index in [0.29, 0.717) is 28.4 Å². The molecule has 164 valence electrons. The first-order valence-electron chi connectivity index (χ1n) is 9.42. The van der Waals surface area contributed by atoms with Crippen LogP contribution in [0.3, 0.4) is 0 Å². The molecule has 11 heteroatoms. The highest BCUT2D eigenvalue weighted by molar-refractivity contribution is 7.99. The van der Waals surface area contributed by atoms with E-state index in [1.54, 1.807) is 10.6 Å². The lowest BCUT2D eigenvalue weighted by Crippen LogP contribution is -2.14. The summed E-state index contributed by atoms with van der Waals surface area (Å²) < 4.78 is 21.8. The zero-order chi connectivity index (χ0) is 22.5. The molecule has 2 aromatic carbocycles. The predicted molar refractivity (Wildman–Crippen MR) is 125 cm³/mol. The van der Waals surface area contributed by atoms with E-state index < -0.39 is 5.82 Å². The monoisotopic (exact) mass is 489 g/mol. The van der Waals surface area contributed by atoms with Gasteiger partial charge in [-0.25, -0.2) is 9.37 Å². The Labute approximate surface area is 196 Å².